The summed E-state index contributed by atoms with van der Waals surface area (Å²) in [4.78, 5) is 17.9. The maximum atomic E-state index is 13.4. The Bertz CT molecular complexity index is 1190. The molecule has 1 N–H and O–H groups in total. The van der Waals surface area contributed by atoms with Crippen LogP contribution in [-0.4, -0.2) is 42.9 Å². The summed E-state index contributed by atoms with van der Waals surface area (Å²) in [6, 6.07) is 3.53. The molecule has 2 aliphatic carbocycles. The number of anilines is 1. The van der Waals surface area contributed by atoms with E-state index in [0.717, 1.165) is 16.8 Å². The van der Waals surface area contributed by atoms with Crippen molar-refractivity contribution in [3.05, 3.63) is 47.2 Å². The van der Waals surface area contributed by atoms with E-state index in [4.69, 9.17) is 0 Å². The predicted molar refractivity (Wildman–Crippen MR) is 112 cm³/mol. The molecule has 10 heteroatoms. The standard InChI is InChI=1S/C22H22F4N6/c1-12-28-18-5-4-16(30-20(18)32(12)11-19(23)24)14-2-3-17-15(14)10-27-21(31-17)29-13-6-8-22(25,26)9-7-13/h2,4-5,10,13,19H,3,6-9,11H2,1H3,(H,27,29,31). The van der Waals surface area contributed by atoms with Crippen LogP contribution in [-0.2, 0) is 13.0 Å². The molecule has 0 aliphatic heterocycles. The van der Waals surface area contributed by atoms with Gasteiger partial charge in [0.25, 0.3) is 6.43 Å². The van der Waals surface area contributed by atoms with Crippen LogP contribution in [0, 0.1) is 6.92 Å². The SMILES string of the molecule is Cc1nc2ccc(C3=CCc4nc(NC5CCC(F)(F)CC5)ncc43)nc2n1CC(F)F. The number of nitrogens with one attached hydrogen (secondary N) is 1. The third kappa shape index (κ3) is 3.93. The van der Waals surface area contributed by atoms with E-state index in [1.54, 1.807) is 19.2 Å². The lowest BCUT2D eigenvalue weighted by Crippen LogP contribution is -2.32. The van der Waals surface area contributed by atoms with E-state index in [1.807, 2.05) is 12.1 Å². The van der Waals surface area contributed by atoms with E-state index in [2.05, 4.69) is 25.3 Å². The molecule has 0 spiro atoms. The molecule has 3 aromatic rings. The molecule has 0 bridgehead atoms. The molecular formula is C22H22F4N6. The molecular weight excluding hydrogens is 424 g/mol. The Morgan fingerprint density at radius 3 is 2.69 bits per heavy atom. The van der Waals surface area contributed by atoms with Gasteiger partial charge in [0, 0.05) is 42.6 Å². The van der Waals surface area contributed by atoms with Gasteiger partial charge in [0.2, 0.25) is 11.9 Å². The molecule has 0 atom stereocenters. The first kappa shape index (κ1) is 20.8. The van der Waals surface area contributed by atoms with Crippen LogP contribution in [0.2, 0.25) is 0 Å². The van der Waals surface area contributed by atoms with Crippen LogP contribution in [0.15, 0.2) is 24.4 Å². The summed E-state index contributed by atoms with van der Waals surface area (Å²) < 4.78 is 54.2. The highest BCUT2D eigenvalue weighted by atomic mass is 19.3. The lowest BCUT2D eigenvalue weighted by molar-refractivity contribution is -0.0361. The van der Waals surface area contributed by atoms with Crippen molar-refractivity contribution in [1.82, 2.24) is 24.5 Å². The van der Waals surface area contributed by atoms with Gasteiger partial charge in [0.05, 0.1) is 17.9 Å². The number of alkyl halides is 4. The van der Waals surface area contributed by atoms with Crippen molar-refractivity contribution in [2.75, 3.05) is 5.32 Å². The number of rotatable bonds is 5. The zero-order valence-corrected chi connectivity index (χ0v) is 17.5. The second-order valence-electron chi connectivity index (χ2n) is 8.35. The molecule has 3 heterocycles. The summed E-state index contributed by atoms with van der Waals surface area (Å²) in [6.45, 7) is 1.23. The van der Waals surface area contributed by atoms with Crippen LogP contribution in [0.1, 0.15) is 48.5 Å². The summed E-state index contributed by atoms with van der Waals surface area (Å²) in [5.41, 5.74) is 4.12. The van der Waals surface area contributed by atoms with E-state index >= 15 is 0 Å². The molecule has 1 saturated carbocycles. The van der Waals surface area contributed by atoms with Crippen LogP contribution in [0.3, 0.4) is 0 Å². The summed E-state index contributed by atoms with van der Waals surface area (Å²) in [5.74, 6) is -1.65. The average Bonchev–Trinajstić information content (AvgIpc) is 3.29. The van der Waals surface area contributed by atoms with E-state index in [0.29, 0.717) is 47.9 Å². The lowest BCUT2D eigenvalue weighted by Gasteiger charge is -2.28. The number of nitrogens with zero attached hydrogens (tertiary/aromatic N) is 5. The fraction of sp³-hybridized carbons (Fsp3) is 0.455. The Morgan fingerprint density at radius 2 is 1.94 bits per heavy atom. The van der Waals surface area contributed by atoms with Gasteiger partial charge in [0.15, 0.2) is 5.65 Å². The van der Waals surface area contributed by atoms with Crippen LogP contribution in [0.5, 0.6) is 0 Å². The van der Waals surface area contributed by atoms with Gasteiger partial charge in [-0.15, -0.1) is 0 Å². The topological polar surface area (TPSA) is 68.5 Å². The van der Waals surface area contributed by atoms with Crippen LogP contribution in [0.25, 0.3) is 16.7 Å². The molecule has 2 aliphatic rings. The van der Waals surface area contributed by atoms with Gasteiger partial charge in [-0.3, -0.25) is 0 Å². The van der Waals surface area contributed by atoms with Crippen molar-refractivity contribution >= 4 is 22.7 Å². The largest absolute Gasteiger partial charge is 0.351 e. The Labute approximate surface area is 181 Å². The molecule has 3 aromatic heterocycles. The minimum Gasteiger partial charge on any atom is -0.351 e. The fourth-order valence-electron chi connectivity index (χ4n) is 4.41. The van der Waals surface area contributed by atoms with Crippen molar-refractivity contribution in [3.8, 4) is 0 Å². The smallest absolute Gasteiger partial charge is 0.256 e. The molecule has 0 unspecified atom stereocenters. The number of fused-ring (bicyclic) bond motifs is 2. The minimum absolute atomic E-state index is 0.0658. The second kappa shape index (κ2) is 7.83. The van der Waals surface area contributed by atoms with Gasteiger partial charge in [-0.25, -0.2) is 37.5 Å². The van der Waals surface area contributed by atoms with Crippen molar-refractivity contribution in [1.29, 1.82) is 0 Å². The summed E-state index contributed by atoms with van der Waals surface area (Å²) in [7, 11) is 0. The Hall–Kier alpha value is -3.04. The van der Waals surface area contributed by atoms with Gasteiger partial charge < -0.3 is 9.88 Å². The van der Waals surface area contributed by atoms with Gasteiger partial charge in [-0.05, 0) is 31.9 Å². The molecule has 0 radical (unpaired) electrons. The van der Waals surface area contributed by atoms with Crippen molar-refractivity contribution < 1.29 is 17.6 Å². The lowest BCUT2D eigenvalue weighted by atomic mass is 9.92. The molecule has 32 heavy (non-hydrogen) atoms. The monoisotopic (exact) mass is 446 g/mol. The first-order valence-corrected chi connectivity index (χ1v) is 10.6. The normalized spacial score (nSPS) is 18.2. The molecule has 0 aromatic carbocycles. The molecule has 1 fully saturated rings. The van der Waals surface area contributed by atoms with E-state index < -0.39 is 18.9 Å². The third-order valence-corrected chi connectivity index (χ3v) is 6.09. The number of hydrogen-bond donors (Lipinski definition) is 1. The number of aryl methyl sites for hydroxylation is 1. The highest BCUT2D eigenvalue weighted by Crippen LogP contribution is 2.35. The van der Waals surface area contributed by atoms with Crippen LogP contribution >= 0.6 is 0 Å². The van der Waals surface area contributed by atoms with E-state index in [1.165, 1.54) is 4.57 Å². The fourth-order valence-corrected chi connectivity index (χ4v) is 4.41. The molecule has 168 valence electrons. The Balaban J connectivity index is 1.38. The van der Waals surface area contributed by atoms with E-state index in [9.17, 15) is 17.6 Å². The highest BCUT2D eigenvalue weighted by molar-refractivity contribution is 5.85. The summed E-state index contributed by atoms with van der Waals surface area (Å²) in [5, 5.41) is 3.18. The maximum Gasteiger partial charge on any atom is 0.256 e. The number of pyridine rings is 1. The van der Waals surface area contributed by atoms with Crippen molar-refractivity contribution in [2.24, 2.45) is 0 Å². The van der Waals surface area contributed by atoms with Gasteiger partial charge in [-0.1, -0.05) is 6.08 Å². The van der Waals surface area contributed by atoms with Crippen LogP contribution in [0.4, 0.5) is 23.5 Å². The number of hydrogen-bond acceptors (Lipinski definition) is 5. The predicted octanol–water partition coefficient (Wildman–Crippen LogP) is 4.77. The zero-order valence-electron chi connectivity index (χ0n) is 17.5. The van der Waals surface area contributed by atoms with Crippen LogP contribution < -0.4 is 5.32 Å². The minimum atomic E-state index is -2.58. The van der Waals surface area contributed by atoms with E-state index in [-0.39, 0.29) is 18.9 Å². The quantitative estimate of drug-likeness (QED) is 0.572. The Kier molecular flexibility index (Phi) is 5.10. The second-order valence-corrected chi connectivity index (χ2v) is 8.35. The molecule has 5 rings (SSSR count). The third-order valence-electron chi connectivity index (χ3n) is 6.09. The zero-order chi connectivity index (χ0) is 22.5. The van der Waals surface area contributed by atoms with Gasteiger partial charge in [-0.2, -0.15) is 0 Å². The van der Waals surface area contributed by atoms with Crippen molar-refractivity contribution in [3.63, 3.8) is 0 Å². The summed E-state index contributed by atoms with van der Waals surface area (Å²) in [6.07, 6.45) is 2.28. The van der Waals surface area contributed by atoms with Gasteiger partial charge in [0.1, 0.15) is 11.3 Å². The number of halogens is 4. The number of allylic oxidation sites excluding steroid dienone is 1. The maximum absolute atomic E-state index is 13.4. The molecule has 0 amide bonds. The first-order valence-electron chi connectivity index (χ1n) is 10.6. The van der Waals surface area contributed by atoms with Gasteiger partial charge >= 0.3 is 0 Å². The Morgan fingerprint density at radius 1 is 1.16 bits per heavy atom. The molecule has 6 nitrogen and oxygen atoms in total. The average molecular weight is 446 g/mol. The molecule has 0 saturated heterocycles. The van der Waals surface area contributed by atoms with Crippen molar-refractivity contribution in [2.45, 2.75) is 64.0 Å². The highest BCUT2D eigenvalue weighted by Gasteiger charge is 2.35. The first-order chi connectivity index (χ1) is 15.3. The number of imidazole rings is 1. The number of aromatic nitrogens is 5. The summed E-state index contributed by atoms with van der Waals surface area (Å²) >= 11 is 0.